The number of rotatable bonds is 5. The first-order valence-electron chi connectivity index (χ1n) is 9.07. The number of nitrogens with zero attached hydrogens (tertiary/aromatic N) is 1. The molecule has 0 aromatic heterocycles. The van der Waals surface area contributed by atoms with Crippen molar-refractivity contribution in [2.24, 2.45) is 5.92 Å². The predicted octanol–water partition coefficient (Wildman–Crippen LogP) is 1.80. The van der Waals surface area contributed by atoms with E-state index in [9.17, 15) is 9.59 Å². The number of carbonyl (C=O) groups excluding carboxylic acids is 2. The van der Waals surface area contributed by atoms with Crippen LogP contribution in [0.15, 0.2) is 30.3 Å². The molecule has 2 saturated heterocycles. The SMILES string of the molecule is O=C(CCC1CCNC1)NC1CCN(C(=O)c2ccccc2)CC1. The average molecular weight is 329 g/mol. The van der Waals surface area contributed by atoms with Gasteiger partial charge in [0.25, 0.3) is 5.91 Å². The molecule has 1 aromatic carbocycles. The van der Waals surface area contributed by atoms with E-state index in [4.69, 9.17) is 0 Å². The highest BCUT2D eigenvalue weighted by atomic mass is 16.2. The van der Waals surface area contributed by atoms with Gasteiger partial charge in [-0.3, -0.25) is 9.59 Å². The molecule has 0 aliphatic carbocycles. The molecule has 5 heteroatoms. The molecule has 2 heterocycles. The Morgan fingerprint density at radius 2 is 1.88 bits per heavy atom. The molecular formula is C19H27N3O2. The van der Waals surface area contributed by atoms with E-state index in [1.807, 2.05) is 35.2 Å². The van der Waals surface area contributed by atoms with E-state index in [0.717, 1.165) is 37.9 Å². The lowest BCUT2D eigenvalue weighted by Gasteiger charge is -2.32. The lowest BCUT2D eigenvalue weighted by Crippen LogP contribution is -2.46. The molecule has 2 fully saturated rings. The van der Waals surface area contributed by atoms with Crippen molar-refractivity contribution in [3.8, 4) is 0 Å². The monoisotopic (exact) mass is 329 g/mol. The Bertz CT molecular complexity index is 547. The van der Waals surface area contributed by atoms with E-state index in [1.54, 1.807) is 0 Å². The normalized spacial score (nSPS) is 21.7. The number of piperidine rings is 1. The molecule has 1 atom stereocenters. The van der Waals surface area contributed by atoms with Gasteiger partial charge in [-0.15, -0.1) is 0 Å². The minimum absolute atomic E-state index is 0.0918. The van der Waals surface area contributed by atoms with Crippen LogP contribution in [0.4, 0.5) is 0 Å². The molecule has 0 radical (unpaired) electrons. The maximum atomic E-state index is 12.4. The Morgan fingerprint density at radius 1 is 1.12 bits per heavy atom. The number of nitrogens with one attached hydrogen (secondary N) is 2. The highest BCUT2D eigenvalue weighted by molar-refractivity contribution is 5.94. The van der Waals surface area contributed by atoms with E-state index in [-0.39, 0.29) is 17.9 Å². The average Bonchev–Trinajstić information content (AvgIpc) is 3.14. The van der Waals surface area contributed by atoms with Gasteiger partial charge in [0.05, 0.1) is 0 Å². The van der Waals surface area contributed by atoms with E-state index in [2.05, 4.69) is 10.6 Å². The van der Waals surface area contributed by atoms with Crippen LogP contribution < -0.4 is 10.6 Å². The quantitative estimate of drug-likeness (QED) is 0.866. The third-order valence-electron chi connectivity index (χ3n) is 5.11. The number of benzene rings is 1. The van der Waals surface area contributed by atoms with Gasteiger partial charge in [-0.1, -0.05) is 18.2 Å². The van der Waals surface area contributed by atoms with Crippen LogP contribution in [0, 0.1) is 5.92 Å². The Morgan fingerprint density at radius 3 is 2.54 bits per heavy atom. The van der Waals surface area contributed by atoms with E-state index < -0.39 is 0 Å². The minimum atomic E-state index is 0.0918. The molecule has 0 spiro atoms. The summed E-state index contributed by atoms with van der Waals surface area (Å²) in [6.45, 7) is 3.56. The van der Waals surface area contributed by atoms with Gasteiger partial charge in [0.15, 0.2) is 0 Å². The lowest BCUT2D eigenvalue weighted by molar-refractivity contribution is -0.122. The van der Waals surface area contributed by atoms with E-state index >= 15 is 0 Å². The van der Waals surface area contributed by atoms with Crippen molar-refractivity contribution in [2.45, 2.75) is 38.1 Å². The zero-order valence-corrected chi connectivity index (χ0v) is 14.2. The van der Waals surface area contributed by atoms with Gasteiger partial charge in [-0.05, 0) is 56.8 Å². The highest BCUT2D eigenvalue weighted by Gasteiger charge is 2.24. The topological polar surface area (TPSA) is 61.4 Å². The van der Waals surface area contributed by atoms with Crippen molar-refractivity contribution in [1.82, 2.24) is 15.5 Å². The number of hydrogen-bond acceptors (Lipinski definition) is 3. The van der Waals surface area contributed by atoms with Crippen LogP contribution in [0.3, 0.4) is 0 Å². The fraction of sp³-hybridized carbons (Fsp3) is 0.579. The first kappa shape index (κ1) is 17.0. The second-order valence-corrected chi connectivity index (χ2v) is 6.90. The smallest absolute Gasteiger partial charge is 0.253 e. The largest absolute Gasteiger partial charge is 0.353 e. The number of likely N-dealkylation sites (tertiary alicyclic amines) is 1. The van der Waals surface area contributed by atoms with Crippen LogP contribution in [0.5, 0.6) is 0 Å². The Hall–Kier alpha value is -1.88. The summed E-state index contributed by atoms with van der Waals surface area (Å²) in [6.07, 6.45) is 4.47. The fourth-order valence-corrected chi connectivity index (χ4v) is 3.59. The molecule has 24 heavy (non-hydrogen) atoms. The van der Waals surface area contributed by atoms with Gasteiger partial charge in [-0.25, -0.2) is 0 Å². The molecule has 2 N–H and O–H groups in total. The molecule has 5 nitrogen and oxygen atoms in total. The maximum absolute atomic E-state index is 12.4. The fourth-order valence-electron chi connectivity index (χ4n) is 3.59. The molecule has 1 aromatic rings. The van der Waals surface area contributed by atoms with Gasteiger partial charge >= 0.3 is 0 Å². The van der Waals surface area contributed by atoms with Crippen LogP contribution in [-0.2, 0) is 4.79 Å². The summed E-state index contributed by atoms with van der Waals surface area (Å²) in [5, 5.41) is 6.48. The van der Waals surface area contributed by atoms with E-state index in [0.29, 0.717) is 25.4 Å². The first-order valence-corrected chi connectivity index (χ1v) is 9.07. The summed E-state index contributed by atoms with van der Waals surface area (Å²) in [7, 11) is 0. The van der Waals surface area contributed by atoms with Crippen LogP contribution in [0.1, 0.15) is 42.5 Å². The number of amides is 2. The zero-order chi connectivity index (χ0) is 16.8. The third kappa shape index (κ3) is 4.57. The molecule has 2 aliphatic rings. The Balaban J connectivity index is 1.38. The second-order valence-electron chi connectivity index (χ2n) is 6.90. The van der Waals surface area contributed by atoms with Crippen LogP contribution in [0.25, 0.3) is 0 Å². The summed E-state index contributed by atoms with van der Waals surface area (Å²) >= 11 is 0. The summed E-state index contributed by atoms with van der Waals surface area (Å²) in [5.74, 6) is 0.907. The maximum Gasteiger partial charge on any atom is 0.253 e. The zero-order valence-electron chi connectivity index (χ0n) is 14.2. The Labute approximate surface area is 143 Å². The van der Waals surface area contributed by atoms with Crippen LogP contribution >= 0.6 is 0 Å². The molecule has 1 unspecified atom stereocenters. The predicted molar refractivity (Wildman–Crippen MR) is 93.7 cm³/mol. The van der Waals surface area contributed by atoms with Crippen LogP contribution in [-0.4, -0.2) is 48.9 Å². The van der Waals surface area contributed by atoms with Gasteiger partial charge < -0.3 is 15.5 Å². The molecular weight excluding hydrogens is 302 g/mol. The van der Waals surface area contributed by atoms with Crippen LogP contribution in [0.2, 0.25) is 0 Å². The van der Waals surface area contributed by atoms with Gasteiger partial charge in [0, 0.05) is 31.1 Å². The van der Waals surface area contributed by atoms with Gasteiger partial charge in [-0.2, -0.15) is 0 Å². The van der Waals surface area contributed by atoms with Crippen molar-refractivity contribution in [3.63, 3.8) is 0 Å². The van der Waals surface area contributed by atoms with Gasteiger partial charge in [0.1, 0.15) is 0 Å². The lowest BCUT2D eigenvalue weighted by atomic mass is 10.0. The van der Waals surface area contributed by atoms with Crippen molar-refractivity contribution in [3.05, 3.63) is 35.9 Å². The summed E-state index contributed by atoms with van der Waals surface area (Å²) in [5.41, 5.74) is 0.741. The van der Waals surface area contributed by atoms with Gasteiger partial charge in [0.2, 0.25) is 5.91 Å². The summed E-state index contributed by atoms with van der Waals surface area (Å²) in [6, 6.07) is 9.61. The molecule has 3 rings (SSSR count). The van der Waals surface area contributed by atoms with Crippen molar-refractivity contribution in [1.29, 1.82) is 0 Å². The minimum Gasteiger partial charge on any atom is -0.353 e. The molecule has 2 amide bonds. The summed E-state index contributed by atoms with van der Waals surface area (Å²) < 4.78 is 0. The van der Waals surface area contributed by atoms with Crippen molar-refractivity contribution in [2.75, 3.05) is 26.2 Å². The molecule has 0 saturated carbocycles. The third-order valence-corrected chi connectivity index (χ3v) is 5.11. The summed E-state index contributed by atoms with van der Waals surface area (Å²) in [4.78, 5) is 26.4. The molecule has 2 aliphatic heterocycles. The number of hydrogen-bond donors (Lipinski definition) is 2. The number of carbonyl (C=O) groups is 2. The van der Waals surface area contributed by atoms with Crippen molar-refractivity contribution >= 4 is 11.8 Å². The Kier molecular flexibility index (Phi) is 5.86. The second kappa shape index (κ2) is 8.29. The molecule has 0 bridgehead atoms. The molecule has 130 valence electrons. The van der Waals surface area contributed by atoms with E-state index in [1.165, 1.54) is 6.42 Å². The standard InChI is InChI=1S/C19H27N3O2/c23-18(7-6-15-8-11-20-14-15)21-17-9-12-22(13-10-17)19(24)16-4-2-1-3-5-16/h1-5,15,17,20H,6-14H2,(H,21,23). The first-order chi connectivity index (χ1) is 11.7. The highest BCUT2D eigenvalue weighted by Crippen LogP contribution is 2.16. The van der Waals surface area contributed by atoms with Crippen molar-refractivity contribution < 1.29 is 9.59 Å².